The van der Waals surface area contributed by atoms with Crippen LogP contribution >= 0.6 is 0 Å². The fourth-order valence-electron chi connectivity index (χ4n) is 2.22. The molecule has 0 aliphatic carbocycles. The molecular formula is C14H17NO. The molecular weight excluding hydrogens is 198 g/mol. The monoisotopic (exact) mass is 215 g/mol. The van der Waals surface area contributed by atoms with Crippen LogP contribution in [0.2, 0.25) is 0 Å². The highest BCUT2D eigenvalue weighted by atomic mass is 16.3. The van der Waals surface area contributed by atoms with Crippen molar-refractivity contribution < 1.29 is 5.11 Å². The lowest BCUT2D eigenvalue weighted by molar-refractivity contribution is 0.0441. The normalized spacial score (nSPS) is 29.6. The highest BCUT2D eigenvalue weighted by molar-refractivity contribution is 5.87. The molecule has 0 fully saturated rings. The average Bonchev–Trinajstić information content (AvgIpc) is 2.33. The summed E-state index contributed by atoms with van der Waals surface area (Å²) in [5.74, 6) is 0.0138. The quantitative estimate of drug-likeness (QED) is 0.767. The van der Waals surface area contributed by atoms with Crippen molar-refractivity contribution in [2.45, 2.75) is 26.4 Å². The van der Waals surface area contributed by atoms with Crippen LogP contribution in [0.25, 0.3) is 0 Å². The van der Waals surface area contributed by atoms with Gasteiger partial charge in [-0.3, -0.25) is 4.99 Å². The first kappa shape index (κ1) is 11.1. The van der Waals surface area contributed by atoms with Crippen LogP contribution in [0.15, 0.2) is 47.1 Å². The van der Waals surface area contributed by atoms with Crippen LogP contribution < -0.4 is 0 Å². The Bertz CT molecular complexity index is 447. The molecule has 2 rings (SSSR count). The maximum atomic E-state index is 10.9. The zero-order valence-corrected chi connectivity index (χ0v) is 9.94. The smallest absolute Gasteiger partial charge is 0.120 e. The lowest BCUT2D eigenvalue weighted by Gasteiger charge is -2.37. The summed E-state index contributed by atoms with van der Waals surface area (Å²) in [5, 5.41) is 10.9. The highest BCUT2D eigenvalue weighted by Crippen LogP contribution is 2.39. The zero-order chi connectivity index (χ0) is 11.8. The Hall–Kier alpha value is -1.41. The predicted molar refractivity (Wildman–Crippen MR) is 66.4 cm³/mol. The molecule has 0 saturated heterocycles. The molecule has 0 saturated carbocycles. The summed E-state index contributed by atoms with van der Waals surface area (Å²) in [4.78, 5) is 4.31. The molecule has 1 N–H and O–H groups in total. The summed E-state index contributed by atoms with van der Waals surface area (Å²) in [6, 6.07) is 9.79. The van der Waals surface area contributed by atoms with Crippen molar-refractivity contribution in [2.75, 3.05) is 0 Å². The molecule has 1 aliphatic heterocycles. The third kappa shape index (κ3) is 1.50. The van der Waals surface area contributed by atoms with Crippen molar-refractivity contribution in [3.8, 4) is 0 Å². The van der Waals surface area contributed by atoms with Crippen LogP contribution in [0, 0.1) is 5.92 Å². The molecule has 1 heterocycles. The van der Waals surface area contributed by atoms with Crippen molar-refractivity contribution >= 4 is 5.71 Å². The molecule has 0 spiro atoms. The third-order valence-corrected chi connectivity index (χ3v) is 3.53. The van der Waals surface area contributed by atoms with Gasteiger partial charge in [0.15, 0.2) is 0 Å². The Morgan fingerprint density at radius 2 is 1.81 bits per heavy atom. The summed E-state index contributed by atoms with van der Waals surface area (Å²) < 4.78 is 0. The van der Waals surface area contributed by atoms with E-state index in [0.717, 1.165) is 16.8 Å². The number of hydrogen-bond donors (Lipinski definition) is 1. The fraction of sp³-hybridized carbons (Fsp3) is 0.357. The minimum atomic E-state index is -0.910. The maximum absolute atomic E-state index is 10.9. The first-order chi connectivity index (χ1) is 7.56. The Morgan fingerprint density at radius 3 is 2.44 bits per heavy atom. The van der Waals surface area contributed by atoms with Gasteiger partial charge in [-0.15, -0.1) is 0 Å². The predicted octanol–water partition coefficient (Wildman–Crippen LogP) is 2.89. The van der Waals surface area contributed by atoms with Crippen molar-refractivity contribution in [3.05, 3.63) is 47.7 Å². The molecule has 2 nitrogen and oxygen atoms in total. The lowest BCUT2D eigenvalue weighted by Crippen LogP contribution is -2.40. The number of hydrogen-bond acceptors (Lipinski definition) is 2. The number of benzene rings is 1. The second kappa shape index (κ2) is 3.87. The van der Waals surface area contributed by atoms with Crippen LogP contribution in [0.3, 0.4) is 0 Å². The average molecular weight is 215 g/mol. The molecule has 0 aromatic heterocycles. The standard InChI is InChI=1S/C14H17NO/c1-10-9-15-12(3)11(2)14(10,16)13-7-5-4-6-8-13/h4-9,11,16H,1-3H3. The number of nitrogens with zero attached hydrogens (tertiary/aromatic N) is 1. The van der Waals surface area contributed by atoms with Crippen LogP contribution in [0.5, 0.6) is 0 Å². The van der Waals surface area contributed by atoms with Gasteiger partial charge in [-0.05, 0) is 25.0 Å². The Balaban J connectivity index is 2.54. The zero-order valence-electron chi connectivity index (χ0n) is 9.94. The number of aliphatic imine (C=N–C) groups is 1. The molecule has 0 radical (unpaired) electrons. The van der Waals surface area contributed by atoms with Crippen LogP contribution in [0.4, 0.5) is 0 Å². The highest BCUT2D eigenvalue weighted by Gasteiger charge is 2.40. The second-order valence-electron chi connectivity index (χ2n) is 4.44. The van der Waals surface area contributed by atoms with Gasteiger partial charge in [-0.1, -0.05) is 37.3 Å². The molecule has 2 heteroatoms. The minimum absolute atomic E-state index is 0.0138. The Morgan fingerprint density at radius 1 is 1.19 bits per heavy atom. The molecule has 2 atom stereocenters. The van der Waals surface area contributed by atoms with Crippen molar-refractivity contribution in [1.29, 1.82) is 0 Å². The summed E-state index contributed by atoms with van der Waals surface area (Å²) in [7, 11) is 0. The van der Waals surface area contributed by atoms with Crippen molar-refractivity contribution in [3.63, 3.8) is 0 Å². The van der Waals surface area contributed by atoms with Crippen LogP contribution in [0.1, 0.15) is 26.3 Å². The Kier molecular flexibility index (Phi) is 2.68. The van der Waals surface area contributed by atoms with Gasteiger partial charge in [0, 0.05) is 17.8 Å². The van der Waals surface area contributed by atoms with E-state index in [4.69, 9.17) is 0 Å². The van der Waals surface area contributed by atoms with E-state index in [9.17, 15) is 5.11 Å². The van der Waals surface area contributed by atoms with Gasteiger partial charge >= 0.3 is 0 Å². The van der Waals surface area contributed by atoms with Gasteiger partial charge in [0.1, 0.15) is 5.60 Å². The molecule has 2 unspecified atom stereocenters. The molecule has 1 aromatic carbocycles. The van der Waals surface area contributed by atoms with E-state index in [-0.39, 0.29) is 5.92 Å². The van der Waals surface area contributed by atoms with E-state index in [2.05, 4.69) is 4.99 Å². The van der Waals surface area contributed by atoms with Gasteiger partial charge in [0.05, 0.1) is 0 Å². The summed E-state index contributed by atoms with van der Waals surface area (Å²) in [6.07, 6.45) is 1.77. The molecule has 84 valence electrons. The van der Waals surface area contributed by atoms with Crippen molar-refractivity contribution in [2.24, 2.45) is 10.9 Å². The van der Waals surface area contributed by atoms with Gasteiger partial charge < -0.3 is 5.11 Å². The van der Waals surface area contributed by atoms with E-state index in [1.165, 1.54) is 0 Å². The van der Waals surface area contributed by atoms with Crippen LogP contribution in [-0.2, 0) is 5.60 Å². The van der Waals surface area contributed by atoms with E-state index >= 15 is 0 Å². The van der Waals surface area contributed by atoms with Gasteiger partial charge in [-0.25, -0.2) is 0 Å². The van der Waals surface area contributed by atoms with E-state index in [0.29, 0.717) is 0 Å². The lowest BCUT2D eigenvalue weighted by atomic mass is 9.74. The first-order valence-corrected chi connectivity index (χ1v) is 5.56. The summed E-state index contributed by atoms with van der Waals surface area (Å²) >= 11 is 0. The molecule has 1 aliphatic rings. The SMILES string of the molecule is CC1=CN=C(C)C(C)C1(O)c1ccccc1. The van der Waals surface area contributed by atoms with Gasteiger partial charge in [-0.2, -0.15) is 0 Å². The van der Waals surface area contributed by atoms with Crippen LogP contribution in [-0.4, -0.2) is 10.8 Å². The maximum Gasteiger partial charge on any atom is 0.120 e. The van der Waals surface area contributed by atoms with Gasteiger partial charge in [0.25, 0.3) is 0 Å². The van der Waals surface area contributed by atoms with E-state index in [1.54, 1.807) is 6.20 Å². The van der Waals surface area contributed by atoms with Crippen molar-refractivity contribution in [1.82, 2.24) is 0 Å². The summed E-state index contributed by atoms with van der Waals surface area (Å²) in [5.41, 5.74) is 1.90. The topological polar surface area (TPSA) is 32.6 Å². The second-order valence-corrected chi connectivity index (χ2v) is 4.44. The molecule has 0 amide bonds. The third-order valence-electron chi connectivity index (χ3n) is 3.53. The number of aliphatic hydroxyl groups is 1. The summed E-state index contributed by atoms with van der Waals surface area (Å²) in [6.45, 7) is 5.91. The molecule has 16 heavy (non-hydrogen) atoms. The van der Waals surface area contributed by atoms with E-state index < -0.39 is 5.60 Å². The number of rotatable bonds is 1. The molecule has 0 bridgehead atoms. The first-order valence-electron chi connectivity index (χ1n) is 5.56. The largest absolute Gasteiger partial charge is 0.380 e. The Labute approximate surface area is 96.3 Å². The molecule has 1 aromatic rings. The van der Waals surface area contributed by atoms with E-state index in [1.807, 2.05) is 51.1 Å². The minimum Gasteiger partial charge on any atom is -0.380 e. The fourth-order valence-corrected chi connectivity index (χ4v) is 2.22. The van der Waals surface area contributed by atoms with Gasteiger partial charge in [0.2, 0.25) is 0 Å².